The van der Waals surface area contributed by atoms with Crippen molar-refractivity contribution in [2.45, 2.75) is 52.9 Å². The van der Waals surface area contributed by atoms with E-state index in [0.29, 0.717) is 0 Å². The molecule has 0 nitrogen and oxygen atoms in total. The molecule has 0 radical (unpaired) electrons. The van der Waals surface area contributed by atoms with Gasteiger partial charge >= 0.3 is 0 Å². The molecule has 1 aromatic carbocycles. The van der Waals surface area contributed by atoms with Gasteiger partial charge in [-0.2, -0.15) is 0 Å². The van der Waals surface area contributed by atoms with Crippen molar-refractivity contribution < 1.29 is 0 Å². The molecule has 2 rings (SSSR count). The zero-order valence-corrected chi connectivity index (χ0v) is 14.0. The molecule has 0 heterocycles. The highest BCUT2D eigenvalue weighted by Crippen LogP contribution is 2.30. The minimum Gasteiger partial charge on any atom is -0.103 e. The van der Waals surface area contributed by atoms with Gasteiger partial charge in [0, 0.05) is 0 Å². The van der Waals surface area contributed by atoms with Crippen LogP contribution in [0, 0.1) is 5.92 Å². The van der Waals surface area contributed by atoms with Crippen LogP contribution >= 0.6 is 0 Å². The number of benzene rings is 1. The first kappa shape index (κ1) is 17.5. The van der Waals surface area contributed by atoms with E-state index < -0.39 is 0 Å². The van der Waals surface area contributed by atoms with E-state index in [4.69, 9.17) is 0 Å². The summed E-state index contributed by atoms with van der Waals surface area (Å²) in [6.45, 7) is 13.8. The molecule has 0 aliphatic heterocycles. The van der Waals surface area contributed by atoms with Crippen LogP contribution in [0.25, 0.3) is 12.2 Å². The summed E-state index contributed by atoms with van der Waals surface area (Å²) in [5.41, 5.74) is 2.90. The smallest absolute Gasteiger partial charge is 0.0155 e. The molecule has 114 valence electrons. The summed E-state index contributed by atoms with van der Waals surface area (Å²) in [5, 5.41) is 2.51. The fraction of sp³-hybridized carbons (Fsp3) is 0.429. The Morgan fingerprint density at radius 1 is 1.10 bits per heavy atom. The van der Waals surface area contributed by atoms with E-state index in [1.807, 2.05) is 6.92 Å². The minimum absolute atomic E-state index is 0.733. The summed E-state index contributed by atoms with van der Waals surface area (Å²) in [5.74, 6) is 0.733. The molecule has 0 amide bonds. The monoisotopic (exact) mass is 282 g/mol. The third-order valence-electron chi connectivity index (χ3n) is 3.82. The molecular formula is C21H30. The summed E-state index contributed by atoms with van der Waals surface area (Å²) in [6, 6.07) is 8.56. The van der Waals surface area contributed by atoms with Gasteiger partial charge in [-0.25, -0.2) is 0 Å². The van der Waals surface area contributed by atoms with Crippen molar-refractivity contribution in [3.05, 3.63) is 59.0 Å². The van der Waals surface area contributed by atoms with E-state index >= 15 is 0 Å². The van der Waals surface area contributed by atoms with Gasteiger partial charge in [-0.15, -0.1) is 6.58 Å². The van der Waals surface area contributed by atoms with Gasteiger partial charge in [0.25, 0.3) is 0 Å². The molecule has 0 spiro atoms. The molecule has 1 fully saturated rings. The molecule has 21 heavy (non-hydrogen) atoms. The normalized spacial score (nSPS) is 16.3. The fourth-order valence-corrected chi connectivity index (χ4v) is 2.94. The van der Waals surface area contributed by atoms with Crippen LogP contribution in [0.2, 0.25) is 0 Å². The highest BCUT2D eigenvalue weighted by molar-refractivity contribution is 5.60. The first-order valence-corrected chi connectivity index (χ1v) is 8.10. The molecule has 0 aromatic heterocycles. The van der Waals surface area contributed by atoms with E-state index in [9.17, 15) is 0 Å². The second-order valence-electron chi connectivity index (χ2n) is 6.08. The lowest BCUT2D eigenvalue weighted by Gasteiger charge is -2.23. The number of hydrogen-bond donors (Lipinski definition) is 0. The Morgan fingerprint density at radius 2 is 1.67 bits per heavy atom. The molecule has 0 N–H and O–H groups in total. The molecule has 0 heteroatoms. The topological polar surface area (TPSA) is 0 Å². The van der Waals surface area contributed by atoms with Crippen LogP contribution in [-0.4, -0.2) is 0 Å². The zero-order valence-electron chi connectivity index (χ0n) is 14.0. The average Bonchev–Trinajstić information content (AvgIpc) is 2.47. The van der Waals surface area contributed by atoms with Gasteiger partial charge in [-0.1, -0.05) is 67.8 Å². The standard InChI is InChI=1S/C18H24.C3H6/c1-14(2)13-18(16-10-5-4-6-11-16)17-12-8-7-9-15(17)3;1-3-2/h7-9,12-13,16H,3-6,10-11H2,1-2H3;3H,1H2,2H3/b18-17+;. The van der Waals surface area contributed by atoms with Crippen LogP contribution in [0.4, 0.5) is 0 Å². The predicted octanol–water partition coefficient (Wildman–Crippen LogP) is 4.99. The fourth-order valence-electron chi connectivity index (χ4n) is 2.94. The number of hydrogen-bond acceptors (Lipinski definition) is 0. The Bertz CT molecular complexity index is 564. The Morgan fingerprint density at radius 3 is 2.19 bits per heavy atom. The summed E-state index contributed by atoms with van der Waals surface area (Å²) < 4.78 is 0. The summed E-state index contributed by atoms with van der Waals surface area (Å²) >= 11 is 0. The van der Waals surface area contributed by atoms with Crippen molar-refractivity contribution in [2.24, 2.45) is 5.92 Å². The number of rotatable bonds is 2. The van der Waals surface area contributed by atoms with Gasteiger partial charge in [0.05, 0.1) is 0 Å². The van der Waals surface area contributed by atoms with E-state index in [1.165, 1.54) is 48.5 Å². The van der Waals surface area contributed by atoms with E-state index in [1.54, 1.807) is 6.08 Å². The maximum Gasteiger partial charge on any atom is -0.0155 e. The summed E-state index contributed by atoms with van der Waals surface area (Å²) in [4.78, 5) is 0. The Labute approximate surface area is 130 Å². The van der Waals surface area contributed by atoms with Crippen molar-refractivity contribution in [1.82, 2.24) is 0 Å². The van der Waals surface area contributed by atoms with E-state index in [-0.39, 0.29) is 0 Å². The molecular weight excluding hydrogens is 252 g/mol. The van der Waals surface area contributed by atoms with Crippen molar-refractivity contribution in [3.63, 3.8) is 0 Å². The lowest BCUT2D eigenvalue weighted by atomic mass is 9.82. The van der Waals surface area contributed by atoms with Crippen LogP contribution in [-0.2, 0) is 0 Å². The van der Waals surface area contributed by atoms with Gasteiger partial charge in [0.2, 0.25) is 0 Å². The quantitative estimate of drug-likeness (QED) is 0.671. The molecule has 0 bridgehead atoms. The SMILES string of the molecule is C=CC.C=c1cccc/c1=C(/C=C(C)C)C1CCCCC1. The van der Waals surface area contributed by atoms with Gasteiger partial charge in [-0.05, 0) is 55.5 Å². The van der Waals surface area contributed by atoms with E-state index in [2.05, 4.69) is 57.3 Å². The Kier molecular flexibility index (Phi) is 7.82. The van der Waals surface area contributed by atoms with Gasteiger partial charge < -0.3 is 0 Å². The van der Waals surface area contributed by atoms with Crippen molar-refractivity contribution in [1.29, 1.82) is 0 Å². The van der Waals surface area contributed by atoms with Crippen molar-refractivity contribution >= 4 is 12.2 Å². The Balaban J connectivity index is 0.000000677. The van der Waals surface area contributed by atoms with Gasteiger partial charge in [0.1, 0.15) is 0 Å². The van der Waals surface area contributed by atoms with E-state index in [0.717, 1.165) is 11.1 Å². The maximum absolute atomic E-state index is 4.19. The summed E-state index contributed by atoms with van der Waals surface area (Å²) in [6.07, 6.45) is 11.0. The van der Waals surface area contributed by atoms with Crippen LogP contribution in [0.15, 0.2) is 48.6 Å². The van der Waals surface area contributed by atoms with Crippen LogP contribution in [0.3, 0.4) is 0 Å². The third kappa shape index (κ3) is 5.75. The zero-order chi connectivity index (χ0) is 15.7. The third-order valence-corrected chi connectivity index (χ3v) is 3.82. The second-order valence-corrected chi connectivity index (χ2v) is 6.08. The van der Waals surface area contributed by atoms with Gasteiger partial charge in [-0.3, -0.25) is 0 Å². The predicted molar refractivity (Wildman–Crippen MR) is 96.5 cm³/mol. The van der Waals surface area contributed by atoms with Crippen molar-refractivity contribution in [3.8, 4) is 0 Å². The van der Waals surface area contributed by atoms with Crippen LogP contribution in [0.5, 0.6) is 0 Å². The average molecular weight is 282 g/mol. The van der Waals surface area contributed by atoms with Crippen LogP contribution in [0.1, 0.15) is 52.9 Å². The molecule has 1 saturated carbocycles. The maximum atomic E-state index is 4.19. The number of allylic oxidation sites excluding steroid dienone is 3. The molecule has 0 atom stereocenters. The highest BCUT2D eigenvalue weighted by Gasteiger charge is 2.16. The lowest BCUT2D eigenvalue weighted by molar-refractivity contribution is 0.429. The first-order chi connectivity index (χ1) is 10.1. The minimum atomic E-state index is 0.733. The van der Waals surface area contributed by atoms with Crippen LogP contribution < -0.4 is 10.4 Å². The first-order valence-electron chi connectivity index (χ1n) is 8.10. The summed E-state index contributed by atoms with van der Waals surface area (Å²) in [7, 11) is 0. The molecule has 1 aliphatic carbocycles. The molecule has 0 unspecified atom stereocenters. The van der Waals surface area contributed by atoms with Crippen molar-refractivity contribution in [2.75, 3.05) is 0 Å². The van der Waals surface area contributed by atoms with Gasteiger partial charge in [0.15, 0.2) is 0 Å². The second kappa shape index (κ2) is 9.39. The molecule has 0 saturated heterocycles. The largest absolute Gasteiger partial charge is 0.103 e. The molecule has 1 aliphatic rings. The molecule has 1 aromatic rings. The highest BCUT2D eigenvalue weighted by atomic mass is 14.2. The Hall–Kier alpha value is -1.56. The lowest BCUT2D eigenvalue weighted by Crippen LogP contribution is -2.28.